The van der Waals surface area contributed by atoms with Crippen LogP contribution in [0.4, 0.5) is 0 Å². The molecular weight excluding hydrogens is 300 g/mol. The molecule has 0 saturated heterocycles. The second kappa shape index (κ2) is 6.49. The van der Waals surface area contributed by atoms with Gasteiger partial charge in [-0.05, 0) is 34.7 Å². The summed E-state index contributed by atoms with van der Waals surface area (Å²) >= 11 is 5.69. The first-order valence-corrected chi connectivity index (χ1v) is 7.14. The van der Waals surface area contributed by atoms with Gasteiger partial charge in [-0.15, -0.1) is 0 Å². The molecule has 0 atom stereocenters. The Hall–Kier alpha value is -2.53. The fraction of sp³-hybridized carbons (Fsp3) is 0.125. The lowest BCUT2D eigenvalue weighted by Crippen LogP contribution is -2.30. The van der Waals surface area contributed by atoms with Crippen LogP contribution >= 0.6 is 11.6 Å². The van der Waals surface area contributed by atoms with Crippen LogP contribution < -0.4 is 5.32 Å². The first-order valence-electron chi connectivity index (χ1n) is 6.76. The average molecular weight is 313 g/mol. The smallest absolute Gasteiger partial charge is 0.224 e. The number of nitrogens with zero attached hydrogens (tertiary/aromatic N) is 3. The van der Waals surface area contributed by atoms with Gasteiger partial charge in [-0.25, -0.2) is 4.98 Å². The predicted molar refractivity (Wildman–Crippen MR) is 84.3 cm³/mol. The lowest BCUT2D eigenvalue weighted by Gasteiger charge is -2.14. The number of aromatic nitrogens is 3. The molecule has 1 aliphatic rings. The molecule has 1 aliphatic heterocycles. The summed E-state index contributed by atoms with van der Waals surface area (Å²) in [6, 6.07) is 5.62. The number of carbonyl (C=O) groups excluding carboxylic acids is 1. The van der Waals surface area contributed by atoms with Gasteiger partial charge in [-0.1, -0.05) is 11.6 Å². The van der Waals surface area contributed by atoms with Crippen molar-refractivity contribution in [3.05, 3.63) is 65.5 Å². The zero-order chi connectivity index (χ0) is 15.4. The van der Waals surface area contributed by atoms with Crippen molar-refractivity contribution in [1.82, 2.24) is 20.3 Å². The minimum absolute atomic E-state index is 0.101. The molecule has 1 N–H and O–H groups in total. The van der Waals surface area contributed by atoms with Crippen molar-refractivity contribution in [2.75, 3.05) is 0 Å². The second-order valence-electron chi connectivity index (χ2n) is 4.83. The van der Waals surface area contributed by atoms with Gasteiger partial charge in [0.25, 0.3) is 0 Å². The third-order valence-corrected chi connectivity index (χ3v) is 3.53. The molecule has 22 heavy (non-hydrogen) atoms. The summed E-state index contributed by atoms with van der Waals surface area (Å²) in [5.74, 6) is 0.101. The Morgan fingerprint density at radius 1 is 1.00 bits per heavy atom. The van der Waals surface area contributed by atoms with Gasteiger partial charge < -0.3 is 5.32 Å². The first kappa shape index (κ1) is 14.4. The van der Waals surface area contributed by atoms with Crippen LogP contribution in [-0.4, -0.2) is 20.9 Å². The minimum atomic E-state index is 0.101. The van der Waals surface area contributed by atoms with Crippen molar-refractivity contribution in [2.24, 2.45) is 0 Å². The molecule has 3 aromatic heterocycles. The maximum atomic E-state index is 10.9. The maximum Gasteiger partial charge on any atom is 0.224 e. The van der Waals surface area contributed by atoms with Crippen LogP contribution in [0.1, 0.15) is 11.1 Å². The molecular formula is C16H13ClN4O. The Bertz CT molecular complexity index is 822. The molecule has 4 heterocycles. The van der Waals surface area contributed by atoms with E-state index in [-0.39, 0.29) is 5.91 Å². The topological polar surface area (TPSA) is 67.8 Å². The van der Waals surface area contributed by atoms with Gasteiger partial charge >= 0.3 is 0 Å². The van der Waals surface area contributed by atoms with Crippen molar-refractivity contribution in [3.8, 4) is 0 Å². The van der Waals surface area contributed by atoms with Crippen LogP contribution in [0.5, 0.6) is 0 Å². The fourth-order valence-electron chi connectivity index (χ4n) is 2.17. The second-order valence-corrected chi connectivity index (χ2v) is 5.21. The number of pyridine rings is 3. The summed E-state index contributed by atoms with van der Waals surface area (Å²) < 4.78 is 0. The average Bonchev–Trinajstić information content (AvgIpc) is 2.55. The summed E-state index contributed by atoms with van der Waals surface area (Å²) in [4.78, 5) is 22.8. The number of nitrogens with one attached hydrogen (secondary N) is 1. The van der Waals surface area contributed by atoms with Gasteiger partial charge in [0.1, 0.15) is 5.15 Å². The van der Waals surface area contributed by atoms with E-state index in [2.05, 4.69) is 20.3 Å². The highest BCUT2D eigenvalue weighted by atomic mass is 35.5. The molecule has 5 nitrogen and oxygen atoms in total. The van der Waals surface area contributed by atoms with Gasteiger partial charge in [-0.3, -0.25) is 14.8 Å². The number of fused-ring (bicyclic) bond motifs is 2. The quantitative estimate of drug-likeness (QED) is 0.648. The number of rotatable bonds is 0. The van der Waals surface area contributed by atoms with Crippen LogP contribution in [0.25, 0.3) is 10.8 Å². The van der Waals surface area contributed by atoms with Gasteiger partial charge in [0, 0.05) is 42.9 Å². The molecule has 0 aromatic carbocycles. The van der Waals surface area contributed by atoms with E-state index in [1.165, 1.54) is 0 Å². The van der Waals surface area contributed by atoms with Crippen LogP contribution in [0.15, 0.2) is 49.2 Å². The zero-order valence-corrected chi connectivity index (χ0v) is 12.4. The summed E-state index contributed by atoms with van der Waals surface area (Å²) in [6.45, 7) is 0.627. The van der Waals surface area contributed by atoms with E-state index < -0.39 is 0 Å². The molecule has 0 aliphatic carbocycles. The van der Waals surface area contributed by atoms with Crippen LogP contribution in [-0.2, 0) is 17.8 Å². The molecule has 0 unspecified atom stereocenters. The lowest BCUT2D eigenvalue weighted by atomic mass is 10.0. The highest BCUT2D eigenvalue weighted by molar-refractivity contribution is 6.30. The molecule has 0 saturated carbocycles. The van der Waals surface area contributed by atoms with Gasteiger partial charge in [0.15, 0.2) is 0 Å². The molecule has 1 amide bonds. The molecule has 4 rings (SSSR count). The van der Waals surface area contributed by atoms with E-state index in [0.717, 1.165) is 21.9 Å². The van der Waals surface area contributed by atoms with Crippen LogP contribution in [0, 0.1) is 0 Å². The van der Waals surface area contributed by atoms with E-state index >= 15 is 0 Å². The zero-order valence-electron chi connectivity index (χ0n) is 11.7. The Morgan fingerprint density at radius 3 is 2.73 bits per heavy atom. The molecule has 110 valence electrons. The van der Waals surface area contributed by atoms with E-state index in [0.29, 0.717) is 18.1 Å². The molecule has 0 fully saturated rings. The Kier molecular flexibility index (Phi) is 4.25. The number of amides is 1. The molecule has 0 spiro atoms. The van der Waals surface area contributed by atoms with Crippen molar-refractivity contribution in [1.29, 1.82) is 0 Å². The normalized spacial score (nSPS) is 12.9. The third kappa shape index (κ3) is 3.38. The van der Waals surface area contributed by atoms with Crippen LogP contribution in [0.3, 0.4) is 0 Å². The monoisotopic (exact) mass is 312 g/mol. The van der Waals surface area contributed by atoms with E-state index in [1.807, 2.05) is 18.2 Å². The summed E-state index contributed by atoms with van der Waals surface area (Å²) in [5, 5.41) is 5.36. The minimum Gasteiger partial charge on any atom is -0.352 e. The Balaban J connectivity index is 0.000000131. The summed E-state index contributed by atoms with van der Waals surface area (Å²) in [7, 11) is 0. The SMILES string of the molecule is Clc1cc2ccncc2cn1.O=C1Cc2ccncc2CN1. The van der Waals surface area contributed by atoms with E-state index in [4.69, 9.17) is 11.6 Å². The van der Waals surface area contributed by atoms with Crippen LogP contribution in [0.2, 0.25) is 5.15 Å². The lowest BCUT2D eigenvalue weighted by molar-refractivity contribution is -0.121. The largest absolute Gasteiger partial charge is 0.352 e. The van der Waals surface area contributed by atoms with Gasteiger partial charge in [0.2, 0.25) is 5.91 Å². The number of carbonyl (C=O) groups is 1. The molecule has 3 aromatic rings. The Labute approximate surface area is 132 Å². The van der Waals surface area contributed by atoms with Gasteiger partial charge in [0.05, 0.1) is 6.42 Å². The molecule has 0 bridgehead atoms. The summed E-state index contributed by atoms with van der Waals surface area (Å²) in [6.07, 6.45) is 9.23. The van der Waals surface area contributed by atoms with E-state index in [1.54, 1.807) is 31.0 Å². The molecule has 0 radical (unpaired) electrons. The standard InChI is InChI=1S/C8H5ClN2.C8H8N2O/c9-8-3-6-1-2-10-4-7(6)5-11-8;11-8-3-6-1-2-9-4-7(6)5-10-8/h1-5H;1-2,4H,3,5H2,(H,10,11). The maximum absolute atomic E-state index is 10.9. The van der Waals surface area contributed by atoms with Gasteiger partial charge in [-0.2, -0.15) is 0 Å². The van der Waals surface area contributed by atoms with Crippen molar-refractivity contribution >= 4 is 28.3 Å². The third-order valence-electron chi connectivity index (χ3n) is 3.32. The van der Waals surface area contributed by atoms with Crippen molar-refractivity contribution in [3.63, 3.8) is 0 Å². The van der Waals surface area contributed by atoms with E-state index in [9.17, 15) is 4.79 Å². The fourth-order valence-corrected chi connectivity index (χ4v) is 2.34. The highest BCUT2D eigenvalue weighted by Gasteiger charge is 2.13. The van der Waals surface area contributed by atoms with Crippen molar-refractivity contribution < 1.29 is 4.79 Å². The van der Waals surface area contributed by atoms with Crippen molar-refractivity contribution in [2.45, 2.75) is 13.0 Å². The summed E-state index contributed by atoms with van der Waals surface area (Å²) in [5.41, 5.74) is 2.23. The number of hydrogen-bond acceptors (Lipinski definition) is 4. The number of halogens is 1. The number of hydrogen-bond donors (Lipinski definition) is 1. The predicted octanol–water partition coefficient (Wildman–Crippen LogP) is 2.54. The molecule has 6 heteroatoms. The highest BCUT2D eigenvalue weighted by Crippen LogP contribution is 2.14. The Morgan fingerprint density at radius 2 is 1.82 bits per heavy atom. The first-order chi connectivity index (χ1) is 10.7.